The minimum Gasteiger partial charge on any atom is -0.337 e. The number of nitrogens with two attached hydrogens (primary N) is 1. The average Bonchev–Trinajstić information content (AvgIpc) is 2.73. The zero-order valence-electron chi connectivity index (χ0n) is 7.57. The minimum atomic E-state index is 0.122. The molecule has 1 aromatic heterocycles. The third-order valence-electron chi connectivity index (χ3n) is 2.33. The van der Waals surface area contributed by atoms with Crippen LogP contribution in [-0.4, -0.2) is 29.9 Å². The topological polar surface area (TPSA) is 46.3 Å². The van der Waals surface area contributed by atoms with Crippen LogP contribution in [0.1, 0.15) is 16.8 Å². The number of thiophene rings is 1. The minimum absolute atomic E-state index is 0.122. The van der Waals surface area contributed by atoms with Crippen molar-refractivity contribution in [3.63, 3.8) is 0 Å². The van der Waals surface area contributed by atoms with Gasteiger partial charge in [0.25, 0.3) is 5.91 Å². The maximum atomic E-state index is 11.9. The Labute approximate surface area is 100 Å². The number of carbonyl (C=O) groups excluding carboxylic acids is 1. The molecule has 1 aliphatic heterocycles. The van der Waals surface area contributed by atoms with Gasteiger partial charge in [0.05, 0.1) is 8.45 Å². The molecule has 0 radical (unpaired) electrons. The Morgan fingerprint density at radius 2 is 2.50 bits per heavy atom. The summed E-state index contributed by atoms with van der Waals surface area (Å²) < 4.78 is 1.15. The molecule has 0 spiro atoms. The van der Waals surface area contributed by atoms with E-state index in [0.29, 0.717) is 6.54 Å². The van der Waals surface area contributed by atoms with Crippen molar-refractivity contribution in [2.45, 2.75) is 12.5 Å². The lowest BCUT2D eigenvalue weighted by atomic mass is 10.3. The zero-order valence-corrected chi connectivity index (χ0v) is 10.5. The van der Waals surface area contributed by atoms with Gasteiger partial charge in [-0.2, -0.15) is 0 Å². The fraction of sp³-hybridized carbons (Fsp3) is 0.444. The van der Waals surface area contributed by atoms with Crippen molar-refractivity contribution in [2.24, 2.45) is 5.73 Å². The average molecular weight is 322 g/mol. The molecule has 0 aliphatic carbocycles. The van der Waals surface area contributed by atoms with E-state index in [4.69, 9.17) is 5.73 Å². The fourth-order valence-corrected chi connectivity index (χ4v) is 2.90. The van der Waals surface area contributed by atoms with E-state index in [-0.39, 0.29) is 11.9 Å². The smallest absolute Gasteiger partial charge is 0.254 e. The van der Waals surface area contributed by atoms with Gasteiger partial charge in [0.15, 0.2) is 0 Å². The van der Waals surface area contributed by atoms with Crippen molar-refractivity contribution >= 4 is 39.8 Å². The van der Waals surface area contributed by atoms with Gasteiger partial charge >= 0.3 is 0 Å². The summed E-state index contributed by atoms with van der Waals surface area (Å²) in [5.41, 5.74) is 6.55. The van der Waals surface area contributed by atoms with E-state index in [2.05, 4.69) is 22.6 Å². The van der Waals surface area contributed by atoms with Crippen LogP contribution in [0.4, 0.5) is 0 Å². The molecular formula is C9H11IN2OS. The molecule has 1 aliphatic rings. The van der Waals surface area contributed by atoms with E-state index < -0.39 is 0 Å². The summed E-state index contributed by atoms with van der Waals surface area (Å²) in [7, 11) is 0. The van der Waals surface area contributed by atoms with Gasteiger partial charge in [-0.15, -0.1) is 11.3 Å². The molecule has 0 bridgehead atoms. The number of halogens is 1. The van der Waals surface area contributed by atoms with Crippen LogP contribution >= 0.6 is 33.9 Å². The van der Waals surface area contributed by atoms with E-state index in [1.807, 2.05) is 16.3 Å². The van der Waals surface area contributed by atoms with Crippen LogP contribution in [0.2, 0.25) is 0 Å². The second-order valence-corrected chi connectivity index (χ2v) is 6.24. The Morgan fingerprint density at radius 1 is 1.71 bits per heavy atom. The molecule has 0 aromatic carbocycles. The van der Waals surface area contributed by atoms with Crippen molar-refractivity contribution in [2.75, 3.05) is 13.1 Å². The van der Waals surface area contributed by atoms with Crippen molar-refractivity contribution in [1.29, 1.82) is 0 Å². The van der Waals surface area contributed by atoms with Crippen LogP contribution in [0.5, 0.6) is 0 Å². The Hall–Kier alpha value is -0.140. The molecule has 0 saturated carbocycles. The molecule has 14 heavy (non-hydrogen) atoms. The summed E-state index contributed by atoms with van der Waals surface area (Å²) in [6.45, 7) is 1.50. The predicted molar refractivity (Wildman–Crippen MR) is 65.5 cm³/mol. The molecule has 1 aromatic rings. The Balaban J connectivity index is 2.09. The number of nitrogens with zero attached hydrogens (tertiary/aromatic N) is 1. The number of carbonyl (C=O) groups is 1. The van der Waals surface area contributed by atoms with Crippen molar-refractivity contribution in [1.82, 2.24) is 4.90 Å². The Bertz CT molecular complexity index is 352. The first-order chi connectivity index (χ1) is 6.66. The van der Waals surface area contributed by atoms with E-state index in [1.165, 1.54) is 0 Å². The molecule has 5 heteroatoms. The van der Waals surface area contributed by atoms with Gasteiger partial charge in [-0.25, -0.2) is 0 Å². The molecule has 2 N–H and O–H groups in total. The molecule has 1 atom stereocenters. The van der Waals surface area contributed by atoms with E-state index in [9.17, 15) is 4.79 Å². The van der Waals surface area contributed by atoms with Crippen LogP contribution in [-0.2, 0) is 0 Å². The second kappa shape index (κ2) is 4.16. The van der Waals surface area contributed by atoms with Gasteiger partial charge < -0.3 is 10.6 Å². The van der Waals surface area contributed by atoms with Crippen molar-refractivity contribution in [3.8, 4) is 0 Å². The third-order valence-corrected chi connectivity index (χ3v) is 4.12. The largest absolute Gasteiger partial charge is 0.337 e. The maximum absolute atomic E-state index is 11.9. The maximum Gasteiger partial charge on any atom is 0.254 e. The van der Waals surface area contributed by atoms with Crippen LogP contribution in [0.25, 0.3) is 0 Å². The highest BCUT2D eigenvalue weighted by atomic mass is 127. The highest BCUT2D eigenvalue weighted by molar-refractivity contribution is 14.1. The van der Waals surface area contributed by atoms with Crippen LogP contribution < -0.4 is 5.73 Å². The highest BCUT2D eigenvalue weighted by Crippen LogP contribution is 2.19. The molecular weight excluding hydrogens is 311 g/mol. The molecule has 2 heterocycles. The molecule has 1 amide bonds. The Morgan fingerprint density at radius 3 is 3.00 bits per heavy atom. The molecule has 1 unspecified atom stereocenters. The lowest BCUT2D eigenvalue weighted by Gasteiger charge is -2.14. The van der Waals surface area contributed by atoms with Gasteiger partial charge in [-0.3, -0.25) is 4.79 Å². The van der Waals surface area contributed by atoms with E-state index >= 15 is 0 Å². The number of likely N-dealkylation sites (tertiary alicyclic amines) is 1. The Kier molecular flexibility index (Phi) is 3.08. The van der Waals surface area contributed by atoms with E-state index in [1.54, 1.807) is 11.3 Å². The van der Waals surface area contributed by atoms with Gasteiger partial charge in [-0.1, -0.05) is 0 Å². The van der Waals surface area contributed by atoms with Gasteiger partial charge in [0, 0.05) is 24.5 Å². The van der Waals surface area contributed by atoms with Crippen LogP contribution in [0, 0.1) is 2.88 Å². The van der Waals surface area contributed by atoms with Crippen molar-refractivity contribution in [3.05, 3.63) is 19.9 Å². The molecule has 1 fully saturated rings. The highest BCUT2D eigenvalue weighted by Gasteiger charge is 2.24. The first-order valence-corrected chi connectivity index (χ1v) is 6.41. The summed E-state index contributed by atoms with van der Waals surface area (Å²) >= 11 is 3.82. The molecule has 76 valence electrons. The SMILES string of the molecule is NC1CCN(C(=O)c2csc(I)c2)C1. The summed E-state index contributed by atoms with van der Waals surface area (Å²) in [6, 6.07) is 2.09. The van der Waals surface area contributed by atoms with Gasteiger partial charge in [0.1, 0.15) is 0 Å². The fourth-order valence-electron chi connectivity index (χ4n) is 1.58. The van der Waals surface area contributed by atoms with Gasteiger partial charge in [-0.05, 0) is 35.1 Å². The van der Waals surface area contributed by atoms with E-state index in [0.717, 1.165) is 21.4 Å². The predicted octanol–water partition coefficient (Wildman–Crippen LogP) is 1.53. The monoisotopic (exact) mass is 322 g/mol. The number of amides is 1. The zero-order chi connectivity index (χ0) is 10.1. The summed E-state index contributed by atoms with van der Waals surface area (Å²) in [4.78, 5) is 13.7. The third kappa shape index (κ3) is 2.09. The lowest BCUT2D eigenvalue weighted by molar-refractivity contribution is 0.0791. The van der Waals surface area contributed by atoms with Crippen LogP contribution in [0.15, 0.2) is 11.4 Å². The standard InChI is InChI=1S/C9H11IN2OS/c10-8-3-6(5-14-8)9(13)12-2-1-7(11)4-12/h3,5,7H,1-2,4,11H2. The first kappa shape index (κ1) is 10.4. The second-order valence-electron chi connectivity index (χ2n) is 3.44. The van der Waals surface area contributed by atoms with Crippen molar-refractivity contribution < 1.29 is 4.79 Å². The number of rotatable bonds is 1. The number of hydrogen-bond acceptors (Lipinski definition) is 3. The summed E-state index contributed by atoms with van der Waals surface area (Å²) in [5, 5.41) is 1.91. The molecule has 2 rings (SSSR count). The quantitative estimate of drug-likeness (QED) is 0.797. The summed E-state index contributed by atoms with van der Waals surface area (Å²) in [5.74, 6) is 0.122. The van der Waals surface area contributed by atoms with Gasteiger partial charge in [0.2, 0.25) is 0 Å². The first-order valence-electron chi connectivity index (χ1n) is 4.45. The lowest BCUT2D eigenvalue weighted by Crippen LogP contribution is -2.31. The molecule has 3 nitrogen and oxygen atoms in total. The molecule has 1 saturated heterocycles. The normalized spacial score (nSPS) is 21.6. The number of hydrogen-bond donors (Lipinski definition) is 1. The summed E-state index contributed by atoms with van der Waals surface area (Å²) in [6.07, 6.45) is 0.924. The van der Waals surface area contributed by atoms with Crippen LogP contribution in [0.3, 0.4) is 0 Å².